The van der Waals surface area contributed by atoms with Gasteiger partial charge in [-0.05, 0) is 71.0 Å². The molecule has 6 aromatic carbocycles. The lowest BCUT2D eigenvalue weighted by Crippen LogP contribution is -2.15. The van der Waals surface area contributed by atoms with Gasteiger partial charge in [0.05, 0.1) is 16.7 Å². The Kier molecular flexibility index (Phi) is 9.55. The number of hydrogen-bond acceptors (Lipinski definition) is 6. The van der Waals surface area contributed by atoms with Gasteiger partial charge in [0.2, 0.25) is 0 Å². The largest absolute Gasteiger partial charge is 0.478 e. The first-order valence-electron chi connectivity index (χ1n) is 15.2. The Balaban J connectivity index is 1.21. The van der Waals surface area contributed by atoms with Crippen molar-refractivity contribution in [2.75, 3.05) is 0 Å². The number of carboxylic acid groups (broad SMARTS) is 2. The predicted molar refractivity (Wildman–Crippen MR) is 180 cm³/mol. The average molecular weight is 639 g/mol. The zero-order valence-corrected chi connectivity index (χ0v) is 25.7. The molecular weight excluding hydrogens is 608 g/mol. The maximum absolute atomic E-state index is 13.4. The van der Waals surface area contributed by atoms with Crippen LogP contribution in [0.15, 0.2) is 133 Å². The van der Waals surface area contributed by atoms with Crippen molar-refractivity contribution in [2.24, 2.45) is 0 Å². The second-order valence-electron chi connectivity index (χ2n) is 11.1. The highest BCUT2D eigenvalue weighted by molar-refractivity contribution is 6.04. The molecule has 0 amide bonds. The maximum Gasteiger partial charge on any atom is 0.344 e. The fourth-order valence-corrected chi connectivity index (χ4v) is 5.52. The van der Waals surface area contributed by atoms with Crippen molar-refractivity contribution in [3.8, 4) is 11.5 Å². The molecule has 0 unspecified atom stereocenters. The second-order valence-corrected chi connectivity index (χ2v) is 11.1. The highest BCUT2D eigenvalue weighted by Gasteiger charge is 2.21. The van der Waals surface area contributed by atoms with E-state index in [4.69, 9.17) is 14.5 Å². The van der Waals surface area contributed by atoms with E-state index in [1.807, 2.05) is 60.7 Å². The summed E-state index contributed by atoms with van der Waals surface area (Å²) < 4.78 is 5.78. The minimum absolute atomic E-state index is 0.0626. The van der Waals surface area contributed by atoms with Gasteiger partial charge in [0.1, 0.15) is 12.4 Å². The molecule has 6 aromatic rings. The summed E-state index contributed by atoms with van der Waals surface area (Å²) in [6, 6.07) is 39.4. The van der Waals surface area contributed by atoms with Gasteiger partial charge in [-0.2, -0.15) is 4.89 Å². The number of rotatable bonds is 12. The molecule has 0 aliphatic rings. The number of carbonyl (C=O) groups excluding carboxylic acids is 1. The van der Waals surface area contributed by atoms with Crippen molar-refractivity contribution in [3.63, 3.8) is 0 Å². The molecule has 0 fully saturated rings. The van der Waals surface area contributed by atoms with Gasteiger partial charge in [-0.3, -0.25) is 0 Å². The molecule has 0 spiro atoms. The monoisotopic (exact) mass is 638 g/mol. The topological polar surface area (TPSA) is 119 Å². The molecule has 8 heteroatoms. The Morgan fingerprint density at radius 3 is 1.62 bits per heavy atom. The summed E-state index contributed by atoms with van der Waals surface area (Å²) in [7, 11) is 0. The van der Waals surface area contributed by atoms with E-state index in [-0.39, 0.29) is 29.0 Å². The summed E-state index contributed by atoms with van der Waals surface area (Å²) in [6.45, 7) is -0.132. The van der Waals surface area contributed by atoms with Gasteiger partial charge in [-0.1, -0.05) is 103 Å². The Hall–Kier alpha value is -6.25. The van der Waals surface area contributed by atoms with E-state index in [2.05, 4.69) is 0 Å². The van der Waals surface area contributed by atoms with Crippen LogP contribution in [0, 0.1) is 0 Å². The third kappa shape index (κ3) is 7.41. The van der Waals surface area contributed by atoms with Crippen molar-refractivity contribution < 1.29 is 39.1 Å². The first-order valence-corrected chi connectivity index (χ1v) is 15.2. The van der Waals surface area contributed by atoms with Crippen LogP contribution in [0.25, 0.3) is 10.8 Å². The number of carboxylic acids is 2. The number of ether oxygens (including phenoxy) is 1. The summed E-state index contributed by atoms with van der Waals surface area (Å²) in [5.74, 6) is -2.61. The Labute approximate surface area is 276 Å². The first-order chi connectivity index (χ1) is 23.4. The lowest BCUT2D eigenvalue weighted by atomic mass is 9.99. The summed E-state index contributed by atoms with van der Waals surface area (Å²) >= 11 is 0. The van der Waals surface area contributed by atoms with Crippen LogP contribution in [-0.4, -0.2) is 28.1 Å². The standard InChI is InChI=1S/C40H30O8/c41-38(42)31-17-15-28(21-26-9-3-1-4-10-26)23-30(31)25-46-48-37-20-19-36(32-13-7-8-14-33(32)37)47-40(45)35-24-29(16-18-34(35)39(43)44)22-27-11-5-2-6-12-27/h1-20,23-24H,21-22,25H2,(H,41,42)(H,43,44). The third-order valence-corrected chi connectivity index (χ3v) is 7.85. The molecule has 48 heavy (non-hydrogen) atoms. The second kappa shape index (κ2) is 14.5. The van der Waals surface area contributed by atoms with Crippen LogP contribution in [0.2, 0.25) is 0 Å². The zero-order valence-electron chi connectivity index (χ0n) is 25.7. The predicted octanol–water partition coefficient (Wildman–Crippen LogP) is 8.15. The molecule has 238 valence electrons. The lowest BCUT2D eigenvalue weighted by Gasteiger charge is -2.14. The fraction of sp³-hybridized carbons (Fsp3) is 0.0750. The van der Waals surface area contributed by atoms with E-state index >= 15 is 0 Å². The Morgan fingerprint density at radius 2 is 1.02 bits per heavy atom. The highest BCUT2D eigenvalue weighted by atomic mass is 17.2. The minimum Gasteiger partial charge on any atom is -0.478 e. The fourth-order valence-electron chi connectivity index (χ4n) is 5.52. The normalized spacial score (nSPS) is 10.8. The quantitative estimate of drug-likeness (QED) is 0.0597. The van der Waals surface area contributed by atoms with Crippen LogP contribution in [0.1, 0.15) is 58.9 Å². The van der Waals surface area contributed by atoms with E-state index < -0.39 is 17.9 Å². The molecule has 0 bridgehead atoms. The van der Waals surface area contributed by atoms with Crippen molar-refractivity contribution in [3.05, 3.63) is 178 Å². The molecule has 0 atom stereocenters. The van der Waals surface area contributed by atoms with E-state index in [9.17, 15) is 24.6 Å². The average Bonchev–Trinajstić information content (AvgIpc) is 3.10. The van der Waals surface area contributed by atoms with Crippen molar-refractivity contribution in [2.45, 2.75) is 19.4 Å². The number of aromatic carboxylic acids is 2. The van der Waals surface area contributed by atoms with Gasteiger partial charge in [-0.25, -0.2) is 14.4 Å². The van der Waals surface area contributed by atoms with Gasteiger partial charge >= 0.3 is 17.9 Å². The van der Waals surface area contributed by atoms with Gasteiger partial charge < -0.3 is 19.8 Å². The Bertz CT molecular complexity index is 2110. The van der Waals surface area contributed by atoms with Gasteiger partial charge in [-0.15, -0.1) is 0 Å². The van der Waals surface area contributed by atoms with Gasteiger partial charge in [0, 0.05) is 10.8 Å². The first kappa shape index (κ1) is 31.7. The van der Waals surface area contributed by atoms with Crippen LogP contribution >= 0.6 is 0 Å². The number of carbonyl (C=O) groups is 3. The molecule has 0 aromatic heterocycles. The minimum atomic E-state index is -1.24. The van der Waals surface area contributed by atoms with Crippen molar-refractivity contribution in [1.29, 1.82) is 0 Å². The molecule has 0 aliphatic carbocycles. The molecule has 0 saturated carbocycles. The van der Waals surface area contributed by atoms with Crippen LogP contribution < -0.4 is 9.62 Å². The van der Waals surface area contributed by atoms with E-state index in [1.54, 1.807) is 60.7 Å². The van der Waals surface area contributed by atoms with Crippen LogP contribution in [-0.2, 0) is 24.3 Å². The van der Waals surface area contributed by atoms with E-state index in [0.717, 1.165) is 22.3 Å². The Morgan fingerprint density at radius 1 is 0.500 bits per heavy atom. The number of hydrogen-bond donors (Lipinski definition) is 2. The third-order valence-electron chi connectivity index (χ3n) is 7.85. The van der Waals surface area contributed by atoms with Crippen molar-refractivity contribution >= 4 is 28.7 Å². The van der Waals surface area contributed by atoms with Gasteiger partial charge in [0.25, 0.3) is 0 Å². The molecule has 6 rings (SSSR count). The number of esters is 1. The van der Waals surface area contributed by atoms with Crippen LogP contribution in [0.5, 0.6) is 11.5 Å². The molecule has 8 nitrogen and oxygen atoms in total. The molecule has 0 saturated heterocycles. The summed E-state index contributed by atoms with van der Waals surface area (Å²) in [4.78, 5) is 48.6. The van der Waals surface area contributed by atoms with Crippen molar-refractivity contribution in [1.82, 2.24) is 0 Å². The summed E-state index contributed by atoms with van der Waals surface area (Å²) in [5, 5.41) is 20.6. The van der Waals surface area contributed by atoms with Crippen LogP contribution in [0.3, 0.4) is 0 Å². The zero-order chi connectivity index (χ0) is 33.5. The maximum atomic E-state index is 13.4. The SMILES string of the molecule is O=C(O)c1ccc(Cc2ccccc2)cc1COOc1ccc(OC(=O)c2cc(Cc3ccccc3)ccc2C(=O)O)c2ccccc12. The van der Waals surface area contributed by atoms with Gasteiger partial charge in [0.15, 0.2) is 5.75 Å². The molecule has 0 heterocycles. The van der Waals surface area contributed by atoms with E-state index in [0.29, 0.717) is 34.9 Å². The van der Waals surface area contributed by atoms with E-state index in [1.165, 1.54) is 12.1 Å². The number of benzene rings is 6. The molecular formula is C40H30O8. The smallest absolute Gasteiger partial charge is 0.344 e. The number of fused-ring (bicyclic) bond motifs is 1. The van der Waals surface area contributed by atoms with Crippen LogP contribution in [0.4, 0.5) is 0 Å². The highest BCUT2D eigenvalue weighted by Crippen LogP contribution is 2.34. The molecule has 2 N–H and O–H groups in total. The molecule has 0 aliphatic heterocycles. The molecule has 0 radical (unpaired) electrons. The lowest BCUT2D eigenvalue weighted by molar-refractivity contribution is -0.216. The summed E-state index contributed by atoms with van der Waals surface area (Å²) in [6.07, 6.45) is 1.14. The summed E-state index contributed by atoms with van der Waals surface area (Å²) in [5.41, 5.74) is 4.14.